The molecule has 0 bridgehead atoms. The minimum absolute atomic E-state index is 0.251. The molecule has 19 heavy (non-hydrogen) atoms. The van der Waals surface area contributed by atoms with Crippen LogP contribution in [-0.4, -0.2) is 12.1 Å². The van der Waals surface area contributed by atoms with Crippen LogP contribution in [-0.2, 0) is 0 Å². The summed E-state index contributed by atoms with van der Waals surface area (Å²) in [5.41, 5.74) is 4.94. The highest BCUT2D eigenvalue weighted by Gasteiger charge is 2.05. The summed E-state index contributed by atoms with van der Waals surface area (Å²) in [5.74, 6) is -0.0988. The molecule has 1 aromatic rings. The Bertz CT molecular complexity index is 478. The number of hydrazone groups is 1. The predicted octanol–water partition coefficient (Wildman–Crippen LogP) is 3.69. The Balaban J connectivity index is 2.32. The molecule has 0 atom stereocenters. The molecule has 4 nitrogen and oxygen atoms in total. The van der Waals surface area contributed by atoms with Crippen LogP contribution in [0.15, 0.2) is 51.2 Å². The summed E-state index contributed by atoms with van der Waals surface area (Å²) in [7, 11) is 0. The molecule has 102 valence electrons. The molecule has 4 heteroatoms. The van der Waals surface area contributed by atoms with E-state index in [4.69, 9.17) is 4.42 Å². The lowest BCUT2D eigenvalue weighted by atomic mass is 10.1. The van der Waals surface area contributed by atoms with Crippen LogP contribution in [0.5, 0.6) is 0 Å². The van der Waals surface area contributed by atoms with Crippen LogP contribution in [0.4, 0.5) is 0 Å². The molecule has 1 amide bonds. The topological polar surface area (TPSA) is 54.6 Å². The van der Waals surface area contributed by atoms with Crippen LogP contribution in [0.3, 0.4) is 0 Å². The van der Waals surface area contributed by atoms with Crippen molar-refractivity contribution in [3.8, 4) is 0 Å². The number of hydrogen-bond donors (Lipinski definition) is 1. The third-order valence-electron chi connectivity index (χ3n) is 2.44. The molecule has 0 aliphatic heterocycles. The van der Waals surface area contributed by atoms with Gasteiger partial charge in [0.15, 0.2) is 5.76 Å². The molecule has 0 radical (unpaired) electrons. The van der Waals surface area contributed by atoms with E-state index in [-0.39, 0.29) is 11.7 Å². The zero-order valence-corrected chi connectivity index (χ0v) is 11.6. The number of carbonyl (C=O) groups is 1. The molecule has 0 aromatic carbocycles. The molecule has 0 saturated carbocycles. The lowest BCUT2D eigenvalue weighted by Gasteiger charge is -1.97. The highest BCUT2D eigenvalue weighted by Crippen LogP contribution is 2.05. The molecule has 0 fully saturated rings. The van der Waals surface area contributed by atoms with Gasteiger partial charge < -0.3 is 4.42 Å². The Labute approximate surface area is 113 Å². The SMILES string of the molecule is CC(C)=CCCC(C)=CC=NNC(=O)c1ccco1. The summed E-state index contributed by atoms with van der Waals surface area (Å²) < 4.78 is 4.94. The molecule has 0 spiro atoms. The molecule has 1 rings (SSSR count). The van der Waals surface area contributed by atoms with Gasteiger partial charge in [0.1, 0.15) is 0 Å². The summed E-state index contributed by atoms with van der Waals surface area (Å²) in [6, 6.07) is 3.25. The number of allylic oxidation sites excluding steroid dienone is 4. The Kier molecular flexibility index (Phi) is 6.36. The van der Waals surface area contributed by atoms with Crippen molar-refractivity contribution in [1.82, 2.24) is 5.43 Å². The fraction of sp³-hybridized carbons (Fsp3) is 0.333. The van der Waals surface area contributed by atoms with Gasteiger partial charge in [0.2, 0.25) is 0 Å². The monoisotopic (exact) mass is 260 g/mol. The van der Waals surface area contributed by atoms with Crippen LogP contribution in [0.25, 0.3) is 0 Å². The zero-order valence-electron chi connectivity index (χ0n) is 11.6. The minimum atomic E-state index is -0.350. The van der Waals surface area contributed by atoms with Gasteiger partial charge in [0.25, 0.3) is 0 Å². The maximum atomic E-state index is 11.5. The molecule has 0 unspecified atom stereocenters. The van der Waals surface area contributed by atoms with Crippen LogP contribution < -0.4 is 5.43 Å². The van der Waals surface area contributed by atoms with Gasteiger partial charge in [-0.15, -0.1) is 0 Å². The van der Waals surface area contributed by atoms with E-state index in [9.17, 15) is 4.79 Å². The van der Waals surface area contributed by atoms with Gasteiger partial charge in [0.05, 0.1) is 6.26 Å². The van der Waals surface area contributed by atoms with Gasteiger partial charge in [-0.3, -0.25) is 4.79 Å². The Morgan fingerprint density at radius 2 is 2.21 bits per heavy atom. The van der Waals surface area contributed by atoms with Gasteiger partial charge in [-0.1, -0.05) is 17.2 Å². The van der Waals surface area contributed by atoms with Gasteiger partial charge in [-0.2, -0.15) is 5.10 Å². The maximum Gasteiger partial charge on any atom is 0.307 e. The second kappa shape index (κ2) is 8.08. The molecule has 0 saturated heterocycles. The highest BCUT2D eigenvalue weighted by molar-refractivity contribution is 5.91. The van der Waals surface area contributed by atoms with Gasteiger partial charge in [-0.25, -0.2) is 5.43 Å². The predicted molar refractivity (Wildman–Crippen MR) is 77.1 cm³/mol. The van der Waals surface area contributed by atoms with Crippen LogP contribution >= 0.6 is 0 Å². The van der Waals surface area contributed by atoms with E-state index in [1.54, 1.807) is 18.3 Å². The lowest BCUT2D eigenvalue weighted by molar-refractivity contribution is 0.0927. The first kappa shape index (κ1) is 15.0. The lowest BCUT2D eigenvalue weighted by Crippen LogP contribution is -2.16. The second-order valence-corrected chi connectivity index (χ2v) is 4.53. The van der Waals surface area contributed by atoms with Gasteiger partial charge in [-0.05, 0) is 51.8 Å². The van der Waals surface area contributed by atoms with Crippen molar-refractivity contribution in [2.45, 2.75) is 33.6 Å². The Hall–Kier alpha value is -2.10. The molecular formula is C15H20N2O2. The van der Waals surface area contributed by atoms with Crippen molar-refractivity contribution >= 4 is 12.1 Å². The third-order valence-corrected chi connectivity index (χ3v) is 2.44. The highest BCUT2D eigenvalue weighted by atomic mass is 16.3. The number of nitrogens with one attached hydrogen (secondary N) is 1. The number of carbonyl (C=O) groups excluding carboxylic acids is 1. The quantitative estimate of drug-likeness (QED) is 0.482. The zero-order chi connectivity index (χ0) is 14.1. The molecule has 1 aromatic heterocycles. The van der Waals surface area contributed by atoms with E-state index in [2.05, 4.69) is 30.5 Å². The van der Waals surface area contributed by atoms with E-state index in [1.165, 1.54) is 17.4 Å². The fourth-order valence-electron chi connectivity index (χ4n) is 1.40. The average Bonchev–Trinajstić information content (AvgIpc) is 2.87. The van der Waals surface area contributed by atoms with E-state index in [1.807, 2.05) is 13.0 Å². The summed E-state index contributed by atoms with van der Waals surface area (Å²) in [4.78, 5) is 11.5. The largest absolute Gasteiger partial charge is 0.459 e. The van der Waals surface area contributed by atoms with Crippen molar-refractivity contribution in [1.29, 1.82) is 0 Å². The van der Waals surface area contributed by atoms with Crippen molar-refractivity contribution in [3.63, 3.8) is 0 Å². The summed E-state index contributed by atoms with van der Waals surface area (Å²) in [6.07, 6.45) is 9.14. The summed E-state index contributed by atoms with van der Waals surface area (Å²) in [5, 5.41) is 3.83. The fourth-order valence-corrected chi connectivity index (χ4v) is 1.40. The molecule has 0 aliphatic carbocycles. The second-order valence-electron chi connectivity index (χ2n) is 4.53. The van der Waals surface area contributed by atoms with Gasteiger partial charge >= 0.3 is 5.91 Å². The van der Waals surface area contributed by atoms with E-state index in [0.29, 0.717) is 0 Å². The average molecular weight is 260 g/mol. The standard InChI is InChI=1S/C15H20N2O2/c1-12(2)6-4-7-13(3)9-10-16-17-15(18)14-8-5-11-19-14/h5-6,8-11H,4,7H2,1-3H3,(H,17,18). The molecular weight excluding hydrogens is 240 g/mol. The summed E-state index contributed by atoms with van der Waals surface area (Å²) in [6.45, 7) is 6.22. The van der Waals surface area contributed by atoms with E-state index < -0.39 is 0 Å². The first-order valence-corrected chi connectivity index (χ1v) is 6.25. The van der Waals surface area contributed by atoms with Crippen LogP contribution in [0.2, 0.25) is 0 Å². The molecule has 1 heterocycles. The van der Waals surface area contributed by atoms with Crippen LogP contribution in [0, 0.1) is 0 Å². The van der Waals surface area contributed by atoms with Crippen molar-refractivity contribution in [2.24, 2.45) is 5.10 Å². The number of amides is 1. The number of furan rings is 1. The van der Waals surface area contributed by atoms with E-state index >= 15 is 0 Å². The van der Waals surface area contributed by atoms with Crippen LogP contribution in [0.1, 0.15) is 44.2 Å². The number of nitrogens with zero attached hydrogens (tertiary/aromatic N) is 1. The molecule has 1 N–H and O–H groups in total. The first-order valence-electron chi connectivity index (χ1n) is 6.25. The van der Waals surface area contributed by atoms with Gasteiger partial charge in [0, 0.05) is 6.21 Å². The Morgan fingerprint density at radius 3 is 2.84 bits per heavy atom. The normalized spacial score (nSPS) is 11.6. The maximum absolute atomic E-state index is 11.5. The smallest absolute Gasteiger partial charge is 0.307 e. The van der Waals surface area contributed by atoms with E-state index in [0.717, 1.165) is 12.8 Å². The number of rotatable bonds is 6. The molecule has 0 aliphatic rings. The Morgan fingerprint density at radius 1 is 1.42 bits per heavy atom. The first-order chi connectivity index (χ1) is 9.09. The summed E-state index contributed by atoms with van der Waals surface area (Å²) >= 11 is 0. The van der Waals surface area contributed by atoms with Crippen molar-refractivity contribution in [2.75, 3.05) is 0 Å². The van der Waals surface area contributed by atoms with Crippen molar-refractivity contribution in [3.05, 3.63) is 47.5 Å². The van der Waals surface area contributed by atoms with Crippen molar-refractivity contribution < 1.29 is 9.21 Å². The number of hydrogen-bond acceptors (Lipinski definition) is 3. The minimum Gasteiger partial charge on any atom is -0.459 e. The third kappa shape index (κ3) is 6.41.